The Labute approximate surface area is 169 Å². The highest BCUT2D eigenvalue weighted by atomic mass is 32.2. The summed E-state index contributed by atoms with van der Waals surface area (Å²) < 4.78 is 29.9. The third-order valence-corrected chi connectivity index (χ3v) is 9.71. The second-order valence-corrected chi connectivity index (χ2v) is 11.7. The Morgan fingerprint density at radius 1 is 1.14 bits per heavy atom. The van der Waals surface area contributed by atoms with Crippen LogP contribution in [0.1, 0.15) is 25.7 Å². The Hall–Kier alpha value is -1.54. The van der Waals surface area contributed by atoms with E-state index in [1.54, 1.807) is 0 Å². The molecular formula is C20H24N2O4S2. The minimum atomic E-state index is -3.01. The molecule has 2 saturated carbocycles. The van der Waals surface area contributed by atoms with Crippen molar-refractivity contribution in [3.05, 3.63) is 30.3 Å². The Kier molecular flexibility index (Phi) is 4.66. The van der Waals surface area contributed by atoms with Crippen LogP contribution in [-0.2, 0) is 14.6 Å². The number of hydrogen-bond donors (Lipinski definition) is 0. The third kappa shape index (κ3) is 3.45. The zero-order valence-electron chi connectivity index (χ0n) is 15.6. The van der Waals surface area contributed by atoms with Crippen LogP contribution in [0.2, 0.25) is 0 Å². The summed E-state index contributed by atoms with van der Waals surface area (Å²) in [5, 5.41) is 0.704. The number of benzene rings is 1. The molecule has 2 saturated heterocycles. The van der Waals surface area contributed by atoms with Gasteiger partial charge in [0.1, 0.15) is 5.75 Å². The lowest BCUT2D eigenvalue weighted by atomic mass is 9.93. The van der Waals surface area contributed by atoms with Gasteiger partial charge in [0.2, 0.25) is 0 Å². The smallest absolute Gasteiger partial charge is 0.285 e. The molecule has 28 heavy (non-hydrogen) atoms. The lowest BCUT2D eigenvalue weighted by molar-refractivity contribution is -0.119. The lowest BCUT2D eigenvalue weighted by Crippen LogP contribution is -2.47. The molecule has 150 valence electrons. The van der Waals surface area contributed by atoms with Crippen molar-refractivity contribution in [2.75, 3.05) is 18.1 Å². The van der Waals surface area contributed by atoms with Gasteiger partial charge in [0.15, 0.2) is 21.6 Å². The molecule has 1 aromatic carbocycles. The fraction of sp³-hybridized carbons (Fsp3) is 0.600. The molecule has 0 radical (unpaired) electrons. The van der Waals surface area contributed by atoms with Crippen LogP contribution >= 0.6 is 11.8 Å². The molecule has 0 N–H and O–H groups in total. The highest BCUT2D eigenvalue weighted by Gasteiger charge is 2.54. The molecule has 4 fully saturated rings. The highest BCUT2D eigenvalue weighted by molar-refractivity contribution is 8.15. The van der Waals surface area contributed by atoms with E-state index in [4.69, 9.17) is 4.74 Å². The zero-order chi connectivity index (χ0) is 19.3. The van der Waals surface area contributed by atoms with Crippen LogP contribution in [0.4, 0.5) is 0 Å². The van der Waals surface area contributed by atoms with E-state index in [9.17, 15) is 13.2 Å². The normalized spacial score (nSPS) is 36.8. The number of carbonyl (C=O) groups excluding carboxylic acids is 1. The van der Waals surface area contributed by atoms with Crippen LogP contribution in [0, 0.1) is 11.8 Å². The van der Waals surface area contributed by atoms with E-state index in [-0.39, 0.29) is 35.3 Å². The maximum atomic E-state index is 12.5. The Bertz CT molecular complexity index is 902. The van der Waals surface area contributed by atoms with E-state index < -0.39 is 9.84 Å². The SMILES string of the molecule is O=C(COc1ccccc1)N=C1S[C@@H]2CS(=O)(=O)C[C@@H]2N1[C@@H]1C[C@@H]2CC[C@@H]1C2. The summed E-state index contributed by atoms with van der Waals surface area (Å²) in [4.78, 5) is 19.1. The molecule has 5 rings (SSSR count). The molecule has 8 heteroatoms. The van der Waals surface area contributed by atoms with Gasteiger partial charge in [-0.3, -0.25) is 4.79 Å². The number of aliphatic imine (C=N–C) groups is 1. The number of ether oxygens (including phenoxy) is 1. The van der Waals surface area contributed by atoms with Gasteiger partial charge in [-0.1, -0.05) is 36.4 Å². The Morgan fingerprint density at radius 3 is 2.68 bits per heavy atom. The van der Waals surface area contributed by atoms with E-state index in [0.717, 1.165) is 12.3 Å². The standard InChI is InChI=1S/C20H24N2O4S2/c23-19(10-26-15-4-2-1-3-5-15)21-20-22(16-9-13-6-7-14(16)8-13)17-11-28(24,25)12-18(17)27-20/h1-5,13-14,16-18H,6-12H2/t13-,14-,16-,17+,18-/m1/s1. The number of amidine groups is 1. The minimum Gasteiger partial charge on any atom is -0.484 e. The Morgan fingerprint density at radius 2 is 1.96 bits per heavy atom. The molecule has 2 aliphatic heterocycles. The molecular weight excluding hydrogens is 396 g/mol. The maximum Gasteiger partial charge on any atom is 0.285 e. The van der Waals surface area contributed by atoms with Crippen molar-refractivity contribution in [1.82, 2.24) is 4.90 Å². The minimum absolute atomic E-state index is 0.00859. The number of rotatable bonds is 4. The van der Waals surface area contributed by atoms with Gasteiger partial charge in [0.05, 0.1) is 17.5 Å². The first-order chi connectivity index (χ1) is 13.5. The molecule has 5 atom stereocenters. The molecule has 2 aliphatic carbocycles. The van der Waals surface area contributed by atoms with Crippen molar-refractivity contribution in [3.63, 3.8) is 0 Å². The molecule has 6 nitrogen and oxygen atoms in total. The van der Waals surface area contributed by atoms with Crippen LogP contribution in [0.5, 0.6) is 5.75 Å². The second-order valence-electron chi connectivity index (χ2n) is 8.34. The van der Waals surface area contributed by atoms with Crippen LogP contribution in [0.3, 0.4) is 0 Å². The molecule has 1 aromatic rings. The van der Waals surface area contributed by atoms with Crippen molar-refractivity contribution >= 4 is 32.7 Å². The fourth-order valence-corrected chi connectivity index (χ4v) is 9.32. The first kappa shape index (κ1) is 18.5. The summed E-state index contributed by atoms with van der Waals surface area (Å²) in [6.07, 6.45) is 4.82. The first-order valence-electron chi connectivity index (χ1n) is 9.93. The number of thioether (sulfide) groups is 1. The summed E-state index contributed by atoms with van der Waals surface area (Å²) in [5.74, 6) is 2.05. The fourth-order valence-electron chi connectivity index (χ4n) is 5.33. The molecule has 2 bridgehead atoms. The van der Waals surface area contributed by atoms with Gasteiger partial charge in [-0.05, 0) is 43.2 Å². The maximum absolute atomic E-state index is 12.5. The molecule has 0 spiro atoms. The number of nitrogens with zero attached hydrogens (tertiary/aromatic N) is 2. The molecule has 0 aromatic heterocycles. The molecule has 4 aliphatic rings. The molecule has 1 amide bonds. The summed E-state index contributed by atoms with van der Waals surface area (Å²) >= 11 is 1.48. The van der Waals surface area contributed by atoms with Gasteiger partial charge in [0, 0.05) is 11.3 Å². The van der Waals surface area contributed by atoms with Gasteiger partial charge in [0.25, 0.3) is 5.91 Å². The van der Waals surface area contributed by atoms with Crippen molar-refractivity contribution in [2.45, 2.75) is 43.0 Å². The topological polar surface area (TPSA) is 76.0 Å². The first-order valence-corrected chi connectivity index (χ1v) is 12.6. The number of fused-ring (bicyclic) bond motifs is 3. The van der Waals surface area contributed by atoms with Gasteiger partial charge >= 0.3 is 0 Å². The van der Waals surface area contributed by atoms with E-state index in [0.29, 0.717) is 22.9 Å². The largest absolute Gasteiger partial charge is 0.484 e. The number of sulfone groups is 1. The average molecular weight is 421 g/mol. The number of carbonyl (C=O) groups is 1. The predicted octanol–water partition coefficient (Wildman–Crippen LogP) is 2.35. The summed E-state index contributed by atoms with van der Waals surface area (Å²) in [6.45, 7) is -0.105. The average Bonchev–Trinajstić information content (AvgIpc) is 3.40. The summed E-state index contributed by atoms with van der Waals surface area (Å²) in [6, 6.07) is 9.51. The summed E-state index contributed by atoms with van der Waals surface area (Å²) in [5.41, 5.74) is 0. The van der Waals surface area contributed by atoms with Crippen LogP contribution < -0.4 is 4.74 Å². The van der Waals surface area contributed by atoms with Gasteiger partial charge in [-0.2, -0.15) is 4.99 Å². The van der Waals surface area contributed by atoms with Gasteiger partial charge in [-0.25, -0.2) is 8.42 Å². The van der Waals surface area contributed by atoms with E-state index in [1.807, 2.05) is 30.3 Å². The Balaban J connectivity index is 1.35. The number of hydrogen-bond acceptors (Lipinski definition) is 5. The monoisotopic (exact) mass is 420 g/mol. The van der Waals surface area contributed by atoms with Crippen molar-refractivity contribution < 1.29 is 17.9 Å². The number of amides is 1. The quantitative estimate of drug-likeness (QED) is 0.744. The molecule has 0 unspecified atom stereocenters. The second kappa shape index (κ2) is 7.06. The summed E-state index contributed by atoms with van der Waals surface area (Å²) in [7, 11) is -3.01. The molecule has 2 heterocycles. The van der Waals surface area contributed by atoms with E-state index in [1.165, 1.54) is 31.0 Å². The van der Waals surface area contributed by atoms with Crippen molar-refractivity contribution in [3.8, 4) is 5.75 Å². The zero-order valence-corrected chi connectivity index (χ0v) is 17.2. The van der Waals surface area contributed by atoms with Crippen molar-refractivity contribution in [1.29, 1.82) is 0 Å². The van der Waals surface area contributed by atoms with Crippen LogP contribution in [-0.4, -0.2) is 59.8 Å². The van der Waals surface area contributed by atoms with Gasteiger partial charge in [-0.15, -0.1) is 0 Å². The lowest BCUT2D eigenvalue weighted by Gasteiger charge is -2.36. The van der Waals surface area contributed by atoms with Gasteiger partial charge < -0.3 is 9.64 Å². The van der Waals surface area contributed by atoms with Crippen LogP contribution in [0.15, 0.2) is 35.3 Å². The predicted molar refractivity (Wildman–Crippen MR) is 109 cm³/mol. The number of para-hydroxylation sites is 1. The van der Waals surface area contributed by atoms with Crippen molar-refractivity contribution in [2.24, 2.45) is 16.8 Å². The highest BCUT2D eigenvalue weighted by Crippen LogP contribution is 2.51. The third-order valence-electron chi connectivity index (χ3n) is 6.49. The van der Waals surface area contributed by atoms with Crippen LogP contribution in [0.25, 0.3) is 0 Å². The van der Waals surface area contributed by atoms with E-state index >= 15 is 0 Å². The van der Waals surface area contributed by atoms with E-state index in [2.05, 4.69) is 9.89 Å².